The molecule has 5 saturated heterocycles. The second-order valence-electron chi connectivity index (χ2n) is 36.7. The van der Waals surface area contributed by atoms with Crippen LogP contribution in [0.25, 0.3) is 56.9 Å². The van der Waals surface area contributed by atoms with Gasteiger partial charge in [-0.3, -0.25) is 4.79 Å². The number of hydrogen-bond acceptors (Lipinski definition) is 28. The zero-order valence-electron chi connectivity index (χ0n) is 79.3. The molecule has 3 unspecified atom stereocenters. The Bertz CT molecular complexity index is 5600. The molecule has 0 saturated carbocycles. The van der Waals surface area contributed by atoms with Gasteiger partial charge in [-0.15, -0.1) is 0 Å². The molecule has 5 atom stereocenters. The summed E-state index contributed by atoms with van der Waals surface area (Å²) in [5.74, 6) is 12.2. The Kier molecular flexibility index (Phi) is 35.8. The summed E-state index contributed by atoms with van der Waals surface area (Å²) in [6.07, 6.45) is 22.8. The number of nitrogens with one attached hydrogen (secondary N) is 1. The SMILES string of the molecule is CC(=O)Oc1ccccc1-c1nc2c(c(N3CCOCC3)n1)CCC(C)C2.CC1CCc2c(nc(-c3ccccc3OP(=O)([O-])[O-])nc2N2CCOCC2)C1.CCNC(=O)Oc1ccccc1-c1nc2c(c(N3CCOCC3)n1)CCC(C)C2.C[C@@H]1CCc2c(nc(-c3ccccc3O)nc2N2CCCCC2)C1.C[C@H]1CCc2c(nc(-c3ccccc3O)nc2N2CCCCC2)C1.[Na+].[Na+]. The summed E-state index contributed by atoms with van der Waals surface area (Å²) in [5, 5.41) is 23.1. The Hall–Kier alpha value is -9.33. The number of ether oxygens (including phenoxy) is 5. The zero-order valence-corrected chi connectivity index (χ0v) is 84.2. The van der Waals surface area contributed by atoms with Crippen LogP contribution < -0.4 is 113 Å². The summed E-state index contributed by atoms with van der Waals surface area (Å²) < 4.78 is 43.3. The van der Waals surface area contributed by atoms with Gasteiger partial charge < -0.3 is 82.6 Å². The molecule has 3 N–H and O–H groups in total. The van der Waals surface area contributed by atoms with E-state index in [9.17, 15) is 34.2 Å². The second-order valence-corrected chi connectivity index (χ2v) is 37.8. The average molecular weight is 1860 g/mol. The van der Waals surface area contributed by atoms with E-state index in [-0.39, 0.29) is 82.3 Å². The van der Waals surface area contributed by atoms with Crippen LogP contribution in [0.4, 0.5) is 33.9 Å². The maximum Gasteiger partial charge on any atom is 1.00 e. The Balaban J connectivity index is 0.000000134. The van der Waals surface area contributed by atoms with Crippen LogP contribution in [0, 0.1) is 29.6 Å². The third-order valence-corrected chi connectivity index (χ3v) is 26.8. The number of carbonyl (C=O) groups is 2. The number of morpholine rings is 3. The number of anilines is 5. The summed E-state index contributed by atoms with van der Waals surface area (Å²) in [7, 11) is -5.19. The van der Waals surface area contributed by atoms with Gasteiger partial charge in [0.2, 0.25) is 0 Å². The first kappa shape index (κ1) is 101. The molecule has 5 fully saturated rings. The molecule has 134 heavy (non-hydrogen) atoms. The zero-order chi connectivity index (χ0) is 91.8. The Morgan fingerprint density at radius 3 is 0.910 bits per heavy atom. The summed E-state index contributed by atoms with van der Waals surface area (Å²) in [5.41, 5.74) is 15.3. The first-order valence-corrected chi connectivity index (χ1v) is 49.3. The molecule has 5 aromatic heterocycles. The summed E-state index contributed by atoms with van der Waals surface area (Å²) in [6.45, 7) is 28.4. The van der Waals surface area contributed by atoms with Crippen molar-refractivity contribution in [2.24, 2.45) is 29.6 Å². The summed E-state index contributed by atoms with van der Waals surface area (Å²) in [4.78, 5) is 106. The fourth-order valence-corrected chi connectivity index (χ4v) is 19.8. The van der Waals surface area contributed by atoms with Crippen molar-refractivity contribution in [2.45, 2.75) is 183 Å². The first-order chi connectivity index (χ1) is 64.1. The molecule has 10 aliphatic rings. The topological polar surface area (TPSA) is 350 Å². The number of hydrogen-bond donors (Lipinski definition) is 3. The van der Waals surface area contributed by atoms with Gasteiger partial charge in [-0.2, -0.15) is 0 Å². The van der Waals surface area contributed by atoms with Crippen LogP contribution in [0.5, 0.6) is 28.7 Å². The van der Waals surface area contributed by atoms with Crippen LogP contribution in [0.3, 0.4) is 0 Å². The van der Waals surface area contributed by atoms with Crippen LogP contribution in [0.15, 0.2) is 121 Å². The van der Waals surface area contributed by atoms with Crippen molar-refractivity contribution in [1.29, 1.82) is 0 Å². The number of rotatable bonds is 15. The smallest absolute Gasteiger partial charge is 0.780 e. The number of phosphoric ester groups is 1. The number of para-hydroxylation sites is 5. The van der Waals surface area contributed by atoms with Crippen molar-refractivity contribution in [3.8, 4) is 85.7 Å². The van der Waals surface area contributed by atoms with Gasteiger partial charge in [-0.25, -0.2) is 54.6 Å². The summed E-state index contributed by atoms with van der Waals surface area (Å²) >= 11 is 0. The number of nitrogens with zero attached hydrogens (tertiary/aromatic N) is 15. The van der Waals surface area contributed by atoms with Gasteiger partial charge in [-0.1, -0.05) is 95.3 Å². The maximum absolute atomic E-state index is 12.0. The van der Waals surface area contributed by atoms with E-state index in [2.05, 4.69) is 69.0 Å². The minimum atomic E-state index is -5.19. The van der Waals surface area contributed by atoms with E-state index < -0.39 is 13.9 Å². The molecule has 20 rings (SSSR count). The van der Waals surface area contributed by atoms with Crippen molar-refractivity contribution >= 4 is 49.0 Å². The fourth-order valence-electron chi connectivity index (χ4n) is 19.4. The molecule has 0 radical (unpaired) electrons. The molecular weight excluding hydrogens is 1730 g/mol. The second kappa shape index (κ2) is 47.6. The molecule has 5 aromatic carbocycles. The van der Waals surface area contributed by atoms with Gasteiger partial charge in [0.1, 0.15) is 65.7 Å². The number of phenolic OH excluding ortho intramolecular Hbond substituents is 2. The van der Waals surface area contributed by atoms with Gasteiger partial charge in [0.05, 0.1) is 95.9 Å². The third-order valence-electron chi connectivity index (χ3n) is 26.4. The number of esters is 1. The molecular formula is C102H125N16Na2O13P. The third kappa shape index (κ3) is 25.5. The van der Waals surface area contributed by atoms with Crippen molar-refractivity contribution < 1.29 is 121 Å². The van der Waals surface area contributed by atoms with Crippen LogP contribution >= 0.6 is 7.82 Å². The number of piperidine rings is 2. The van der Waals surface area contributed by atoms with E-state index in [1.807, 2.05) is 79.7 Å². The minimum absolute atomic E-state index is 0. The molecule has 5 aliphatic heterocycles. The summed E-state index contributed by atoms with van der Waals surface area (Å²) in [6, 6.07) is 36.2. The number of aromatic nitrogens is 10. The maximum atomic E-state index is 12.0. The molecule has 0 bridgehead atoms. The Labute approximate surface area is 831 Å². The number of phosphoric acid groups is 1. The van der Waals surface area contributed by atoms with Crippen LogP contribution in [-0.4, -0.2) is 184 Å². The van der Waals surface area contributed by atoms with Gasteiger partial charge in [-0.05, 0) is 232 Å². The number of aromatic hydroxyl groups is 2. The van der Waals surface area contributed by atoms with E-state index in [1.165, 1.54) is 98.0 Å². The van der Waals surface area contributed by atoms with Gasteiger partial charge >= 0.3 is 71.2 Å². The number of benzene rings is 5. The number of amides is 1. The number of fused-ring (bicyclic) bond motifs is 5. The fraction of sp³-hybridized carbons (Fsp3) is 0.490. The molecule has 32 heteroatoms. The molecule has 1 amide bonds. The van der Waals surface area contributed by atoms with E-state index in [4.69, 9.17) is 73.5 Å². The van der Waals surface area contributed by atoms with Gasteiger partial charge in [0.15, 0.2) is 29.1 Å². The van der Waals surface area contributed by atoms with Crippen molar-refractivity contribution in [1.82, 2.24) is 55.2 Å². The number of carbonyl (C=O) groups excluding carboxylic acids is 2. The Morgan fingerprint density at radius 1 is 0.373 bits per heavy atom. The van der Waals surface area contributed by atoms with E-state index >= 15 is 0 Å². The molecule has 10 heterocycles. The van der Waals surface area contributed by atoms with Gasteiger partial charge in [0, 0.05) is 107 Å². The quantitative estimate of drug-likeness (QED) is 0.0372. The van der Waals surface area contributed by atoms with Crippen LogP contribution in [0.1, 0.15) is 175 Å². The molecule has 698 valence electrons. The van der Waals surface area contributed by atoms with Crippen LogP contribution in [0.2, 0.25) is 0 Å². The van der Waals surface area contributed by atoms with Crippen molar-refractivity contribution in [3.63, 3.8) is 0 Å². The standard InChI is InChI=1S/C22H28N4O3.C21H25N3O3.2C20H25N3O.C19H24N3O5P.2Na/c1-3-23-22(27)29-19-7-5-4-6-17(19)20-24-18-14-15(2)8-9-16(18)21(25-20)26-10-12-28-13-11-26;1-14-7-8-16-18(13-14)22-20(23-21(16)24-9-11-26-12-10-24)17-5-3-4-6-19(17)27-15(2)25;2*1-14-9-10-15-17(13-14)21-19(16-7-3-4-8-18(16)24)22-20(15)23-11-5-2-6-12-23;1-13-6-7-14-16(12-13)20-18(21-19(14)22-8-10-26-11-9-22)15-4-2-3-5-17(15)27-28(23,24)25;;/h4-7,15H,3,8-14H2,1-2H3,(H,23,27);3-6,14H,7-13H2,1-2H3;2*3-4,7-8,14,24H,2,5-6,9-13H2,1H3;2-5,13H,6-12H2,1H3,(H2,23,24,25);;/q;;;;;2*+1/p-2/t;;2*14-;;;/m..10.../s1. The van der Waals surface area contributed by atoms with Crippen molar-refractivity contribution in [3.05, 3.63) is 178 Å². The van der Waals surface area contributed by atoms with E-state index in [0.717, 1.165) is 223 Å². The predicted molar refractivity (Wildman–Crippen MR) is 507 cm³/mol. The Morgan fingerprint density at radius 2 is 0.627 bits per heavy atom. The predicted octanol–water partition coefficient (Wildman–Crippen LogP) is 9.49. The largest absolute Gasteiger partial charge is 1.00 e. The first-order valence-electron chi connectivity index (χ1n) is 47.8. The molecule has 5 aliphatic carbocycles. The average Bonchev–Trinajstić information content (AvgIpc) is 0.792. The van der Waals surface area contributed by atoms with E-state index in [1.54, 1.807) is 42.5 Å². The van der Waals surface area contributed by atoms with Crippen LogP contribution in [-0.2, 0) is 87.8 Å². The monoisotopic (exact) mass is 1860 g/mol. The molecule has 29 nitrogen and oxygen atoms in total. The normalized spacial score (nSPS) is 19.6. The van der Waals surface area contributed by atoms with Crippen molar-refractivity contribution in [2.75, 3.05) is 136 Å². The molecule has 10 aromatic rings. The van der Waals surface area contributed by atoms with Gasteiger partial charge in [0.25, 0.3) is 0 Å². The minimum Gasteiger partial charge on any atom is -0.780 e. The molecule has 0 spiro atoms. The van der Waals surface area contributed by atoms with E-state index in [0.29, 0.717) is 122 Å². The number of phenols is 2.